The highest BCUT2D eigenvalue weighted by Gasteiger charge is 2.00. The van der Waals surface area contributed by atoms with Gasteiger partial charge in [0.25, 0.3) is 0 Å². The molecule has 72 valence electrons. The third kappa shape index (κ3) is 1.79. The number of nitrogens with one attached hydrogen (secondary N) is 1. The number of halogens is 1. The summed E-state index contributed by atoms with van der Waals surface area (Å²) in [6.07, 6.45) is 2.08. The molecule has 2 aromatic heterocycles. The summed E-state index contributed by atoms with van der Waals surface area (Å²) in [7, 11) is 0. The molecule has 0 aliphatic carbocycles. The van der Waals surface area contributed by atoms with Crippen molar-refractivity contribution in [1.29, 1.82) is 0 Å². The molecule has 0 unspecified atom stereocenters. The van der Waals surface area contributed by atoms with Crippen LogP contribution in [-0.4, -0.2) is 15.5 Å². The molecule has 6 heteroatoms. The van der Waals surface area contributed by atoms with Gasteiger partial charge in [0.15, 0.2) is 5.82 Å². The number of amides is 1. The lowest BCUT2D eigenvalue weighted by Gasteiger charge is -1.99. The number of nitrogens with zero attached hydrogens (tertiary/aromatic N) is 2. The van der Waals surface area contributed by atoms with Crippen molar-refractivity contribution in [3.63, 3.8) is 0 Å². The van der Waals surface area contributed by atoms with Gasteiger partial charge >= 0.3 is 0 Å². The second kappa shape index (κ2) is 3.45. The highest BCUT2D eigenvalue weighted by Crippen LogP contribution is 2.11. The molecule has 0 saturated carbocycles. The number of fused-ring (bicyclic) bond motifs is 1. The van der Waals surface area contributed by atoms with E-state index < -0.39 is 6.09 Å². The third-order valence-electron chi connectivity index (χ3n) is 1.65. The molecule has 14 heavy (non-hydrogen) atoms. The normalized spacial score (nSPS) is 10.4. The first kappa shape index (κ1) is 9.25. The molecule has 0 fully saturated rings. The van der Waals surface area contributed by atoms with Crippen molar-refractivity contribution in [3.8, 4) is 0 Å². The average molecular weight is 302 g/mol. The van der Waals surface area contributed by atoms with E-state index in [0.29, 0.717) is 5.65 Å². The van der Waals surface area contributed by atoms with E-state index in [0.717, 1.165) is 3.57 Å². The van der Waals surface area contributed by atoms with Gasteiger partial charge in [-0.15, -0.1) is 0 Å². The highest BCUT2D eigenvalue weighted by molar-refractivity contribution is 14.1. The Labute approximate surface area is 92.9 Å². The molecule has 1 amide bonds. The summed E-state index contributed by atoms with van der Waals surface area (Å²) in [6, 6.07) is 3.70. The smallest absolute Gasteiger partial charge is 0.150 e. The van der Waals surface area contributed by atoms with Crippen LogP contribution < -0.4 is 10.4 Å². The van der Waals surface area contributed by atoms with Crippen molar-refractivity contribution in [1.82, 2.24) is 9.38 Å². The lowest BCUT2D eigenvalue weighted by Crippen LogP contribution is -2.28. The van der Waals surface area contributed by atoms with Gasteiger partial charge in [0.2, 0.25) is 0 Å². The minimum Gasteiger partial charge on any atom is -0.530 e. The summed E-state index contributed by atoms with van der Waals surface area (Å²) >= 11 is 2.16. The topological polar surface area (TPSA) is 69.5 Å². The maximum atomic E-state index is 10.2. The zero-order valence-electron chi connectivity index (χ0n) is 6.90. The quantitative estimate of drug-likeness (QED) is 0.788. The number of rotatable bonds is 1. The second-order valence-electron chi connectivity index (χ2n) is 2.65. The Bertz CT molecular complexity index is 494. The van der Waals surface area contributed by atoms with Gasteiger partial charge in [-0.2, -0.15) is 0 Å². The third-order valence-corrected chi connectivity index (χ3v) is 2.28. The van der Waals surface area contributed by atoms with Crippen molar-refractivity contribution in [2.75, 3.05) is 5.32 Å². The van der Waals surface area contributed by atoms with E-state index in [1.54, 1.807) is 10.6 Å². The van der Waals surface area contributed by atoms with Gasteiger partial charge in [0.1, 0.15) is 11.7 Å². The number of hydrogen-bond donors (Lipinski definition) is 1. The predicted molar refractivity (Wildman–Crippen MR) is 56.9 cm³/mol. The van der Waals surface area contributed by atoms with Crippen LogP contribution in [-0.2, 0) is 0 Å². The second-order valence-corrected chi connectivity index (χ2v) is 3.90. The molecule has 0 aliphatic rings. The number of hydrogen-bond acceptors (Lipinski definition) is 3. The summed E-state index contributed by atoms with van der Waals surface area (Å²) < 4.78 is 2.79. The SMILES string of the molecule is O=C([O-])Nc1cn2cc(I)ccc2n1. The highest BCUT2D eigenvalue weighted by atomic mass is 127. The Morgan fingerprint density at radius 1 is 1.50 bits per heavy atom. The van der Waals surface area contributed by atoms with Crippen molar-refractivity contribution >= 4 is 40.1 Å². The summed E-state index contributed by atoms with van der Waals surface area (Å²) in [5.41, 5.74) is 0.689. The summed E-state index contributed by atoms with van der Waals surface area (Å²) in [5, 5.41) is 12.3. The van der Waals surface area contributed by atoms with Gasteiger partial charge in [-0.05, 0) is 34.7 Å². The average Bonchev–Trinajstić information content (AvgIpc) is 2.44. The lowest BCUT2D eigenvalue weighted by atomic mass is 10.5. The predicted octanol–water partition coefficient (Wildman–Crippen LogP) is 0.694. The summed E-state index contributed by atoms with van der Waals surface area (Å²) in [5.74, 6) is 0.270. The van der Waals surface area contributed by atoms with Crippen molar-refractivity contribution < 1.29 is 9.90 Å². The Morgan fingerprint density at radius 2 is 2.29 bits per heavy atom. The van der Waals surface area contributed by atoms with Crippen LogP contribution in [0, 0.1) is 3.57 Å². The molecular weight excluding hydrogens is 297 g/mol. The van der Waals surface area contributed by atoms with E-state index in [4.69, 9.17) is 0 Å². The van der Waals surface area contributed by atoms with Crippen LogP contribution in [0.1, 0.15) is 0 Å². The maximum absolute atomic E-state index is 10.2. The summed E-state index contributed by atoms with van der Waals surface area (Å²) in [6.45, 7) is 0. The molecule has 5 nitrogen and oxygen atoms in total. The lowest BCUT2D eigenvalue weighted by molar-refractivity contribution is -0.242. The molecule has 0 radical (unpaired) electrons. The van der Waals surface area contributed by atoms with Crippen LogP contribution in [0.5, 0.6) is 0 Å². The fourth-order valence-corrected chi connectivity index (χ4v) is 1.61. The maximum Gasteiger partial charge on any atom is 0.150 e. The largest absolute Gasteiger partial charge is 0.530 e. The van der Waals surface area contributed by atoms with Crippen LogP contribution in [0.3, 0.4) is 0 Å². The van der Waals surface area contributed by atoms with Crippen molar-refractivity contribution in [3.05, 3.63) is 28.1 Å². The monoisotopic (exact) mass is 302 g/mol. The zero-order valence-corrected chi connectivity index (χ0v) is 9.06. The Balaban J connectivity index is 2.46. The van der Waals surface area contributed by atoms with E-state index in [9.17, 15) is 9.90 Å². The zero-order chi connectivity index (χ0) is 10.1. The first-order valence-corrected chi connectivity index (χ1v) is 4.85. The molecule has 0 spiro atoms. The van der Waals surface area contributed by atoms with Crippen LogP contribution in [0.25, 0.3) is 5.65 Å². The number of aromatic nitrogens is 2. The minimum absolute atomic E-state index is 0.270. The number of carbonyl (C=O) groups excluding carboxylic acids is 1. The van der Waals surface area contributed by atoms with Gasteiger partial charge in [-0.25, -0.2) is 4.98 Å². The van der Waals surface area contributed by atoms with Crippen molar-refractivity contribution in [2.24, 2.45) is 0 Å². The Morgan fingerprint density at radius 3 is 3.00 bits per heavy atom. The van der Waals surface area contributed by atoms with Gasteiger partial charge in [-0.1, -0.05) is 0 Å². The molecule has 2 rings (SSSR count). The Hall–Kier alpha value is -1.31. The number of imidazole rings is 1. The Kier molecular flexibility index (Phi) is 2.28. The first-order valence-electron chi connectivity index (χ1n) is 3.77. The van der Waals surface area contributed by atoms with E-state index in [2.05, 4.69) is 32.9 Å². The molecule has 0 atom stereocenters. The van der Waals surface area contributed by atoms with Gasteiger partial charge in [-0.3, -0.25) is 0 Å². The number of carbonyl (C=O) groups is 1. The number of anilines is 1. The standard InChI is InChI=1S/C8H6IN3O2/c9-5-1-2-7-10-6(11-8(13)14)4-12(7)3-5/h1-4,11H,(H,13,14)/p-1. The van der Waals surface area contributed by atoms with E-state index >= 15 is 0 Å². The van der Waals surface area contributed by atoms with E-state index in [1.807, 2.05) is 18.3 Å². The summed E-state index contributed by atoms with van der Waals surface area (Å²) in [4.78, 5) is 14.3. The minimum atomic E-state index is -1.36. The van der Waals surface area contributed by atoms with E-state index in [1.165, 1.54) is 0 Å². The number of pyridine rings is 1. The van der Waals surface area contributed by atoms with Crippen LogP contribution >= 0.6 is 22.6 Å². The van der Waals surface area contributed by atoms with Crippen LogP contribution in [0.2, 0.25) is 0 Å². The van der Waals surface area contributed by atoms with Crippen LogP contribution in [0.4, 0.5) is 10.6 Å². The molecule has 0 aliphatic heterocycles. The molecule has 0 aromatic carbocycles. The number of carboxylic acid groups (broad SMARTS) is 1. The first-order chi connectivity index (χ1) is 6.65. The molecule has 1 N–H and O–H groups in total. The van der Waals surface area contributed by atoms with Gasteiger partial charge < -0.3 is 19.6 Å². The van der Waals surface area contributed by atoms with Gasteiger partial charge in [0.05, 0.1) is 6.20 Å². The molecule has 0 bridgehead atoms. The van der Waals surface area contributed by atoms with Crippen LogP contribution in [0.15, 0.2) is 24.5 Å². The van der Waals surface area contributed by atoms with Crippen molar-refractivity contribution in [2.45, 2.75) is 0 Å². The molecular formula is C8H5IN3O2-. The van der Waals surface area contributed by atoms with Gasteiger partial charge in [0, 0.05) is 9.77 Å². The molecule has 0 saturated heterocycles. The van der Waals surface area contributed by atoms with E-state index in [-0.39, 0.29) is 5.82 Å². The molecule has 2 heterocycles. The fraction of sp³-hybridized carbons (Fsp3) is 0. The molecule has 2 aromatic rings. The fourth-order valence-electron chi connectivity index (χ4n) is 1.13.